The molecule has 152 valence electrons. The normalized spacial score (nSPS) is 18.1. The van der Waals surface area contributed by atoms with Gasteiger partial charge in [0.25, 0.3) is 5.91 Å². The van der Waals surface area contributed by atoms with E-state index in [0.717, 1.165) is 24.3 Å². The van der Waals surface area contributed by atoms with E-state index in [-0.39, 0.29) is 34.7 Å². The van der Waals surface area contributed by atoms with Gasteiger partial charge < -0.3 is 15.8 Å². The Bertz CT molecular complexity index is 940. The molecule has 1 aliphatic heterocycles. The summed E-state index contributed by atoms with van der Waals surface area (Å²) in [5.41, 5.74) is 7.88. The molecular weight excluding hydrogens is 371 g/mol. The lowest BCUT2D eigenvalue weighted by Crippen LogP contribution is -2.30. The maximum absolute atomic E-state index is 13.2. The third-order valence-corrected chi connectivity index (χ3v) is 5.68. The van der Waals surface area contributed by atoms with Crippen LogP contribution in [0.25, 0.3) is 0 Å². The molecule has 5 nitrogen and oxygen atoms in total. The van der Waals surface area contributed by atoms with Gasteiger partial charge >= 0.3 is 0 Å². The van der Waals surface area contributed by atoms with Gasteiger partial charge in [0, 0.05) is 12.2 Å². The molecule has 1 amide bonds. The molecule has 2 aliphatic rings. The Hall–Kier alpha value is -2.89. The van der Waals surface area contributed by atoms with Gasteiger partial charge in [0.2, 0.25) is 0 Å². The zero-order valence-electron chi connectivity index (χ0n) is 16.2. The highest BCUT2D eigenvalue weighted by molar-refractivity contribution is 6.06. The number of benzene rings is 2. The first-order chi connectivity index (χ1) is 14.0. The van der Waals surface area contributed by atoms with Gasteiger partial charge in [-0.05, 0) is 55.0 Å². The van der Waals surface area contributed by atoms with E-state index in [9.17, 15) is 14.0 Å². The molecule has 4 rings (SSSR count). The van der Waals surface area contributed by atoms with E-state index >= 15 is 0 Å². The third-order valence-electron chi connectivity index (χ3n) is 5.68. The number of ether oxygens (including phenoxy) is 1. The molecule has 1 fully saturated rings. The van der Waals surface area contributed by atoms with Crippen molar-refractivity contribution in [2.75, 3.05) is 18.9 Å². The van der Waals surface area contributed by atoms with Gasteiger partial charge in [-0.25, -0.2) is 4.39 Å². The van der Waals surface area contributed by atoms with Crippen molar-refractivity contribution in [2.45, 2.75) is 32.1 Å². The zero-order valence-corrected chi connectivity index (χ0v) is 16.2. The van der Waals surface area contributed by atoms with Gasteiger partial charge in [-0.1, -0.05) is 25.0 Å². The van der Waals surface area contributed by atoms with E-state index in [1.54, 1.807) is 18.2 Å². The minimum absolute atomic E-state index is 0.0525. The summed E-state index contributed by atoms with van der Waals surface area (Å²) < 4.78 is 19.0. The summed E-state index contributed by atoms with van der Waals surface area (Å²) in [5.74, 6) is 0.471. The molecule has 0 bridgehead atoms. The lowest BCUT2D eigenvalue weighted by molar-refractivity contribution is 0.0814. The number of ketones is 1. The Morgan fingerprint density at radius 3 is 2.79 bits per heavy atom. The van der Waals surface area contributed by atoms with Gasteiger partial charge in [-0.3, -0.25) is 9.59 Å². The minimum atomic E-state index is -0.339. The van der Waals surface area contributed by atoms with Crippen molar-refractivity contribution in [3.8, 4) is 5.75 Å². The first-order valence-corrected chi connectivity index (χ1v) is 10.1. The molecule has 0 spiro atoms. The second-order valence-electron chi connectivity index (χ2n) is 7.96. The zero-order chi connectivity index (χ0) is 20.4. The number of nitrogens with one attached hydrogen (secondary N) is 1. The van der Waals surface area contributed by atoms with E-state index in [0.29, 0.717) is 30.9 Å². The summed E-state index contributed by atoms with van der Waals surface area (Å²) in [5, 5.41) is 2.79. The van der Waals surface area contributed by atoms with Gasteiger partial charge in [0.15, 0.2) is 5.78 Å². The Balaban J connectivity index is 1.39. The summed E-state index contributed by atoms with van der Waals surface area (Å²) in [6.45, 7) is 0.699. The second kappa shape index (κ2) is 8.23. The van der Waals surface area contributed by atoms with Crippen molar-refractivity contribution < 1.29 is 18.7 Å². The molecule has 0 radical (unpaired) electrons. The predicted molar refractivity (Wildman–Crippen MR) is 109 cm³/mol. The first kappa shape index (κ1) is 19.4. The Morgan fingerprint density at radius 2 is 2.03 bits per heavy atom. The molecule has 29 heavy (non-hydrogen) atoms. The maximum atomic E-state index is 13.2. The van der Waals surface area contributed by atoms with Crippen LogP contribution >= 0.6 is 0 Å². The number of anilines is 1. The predicted octanol–water partition coefficient (Wildman–Crippen LogP) is 3.76. The number of Topliss-reactive ketones (excluding diaryl/α,β-unsaturated/α-hetero) is 1. The molecular formula is C23H25FN2O3. The summed E-state index contributed by atoms with van der Waals surface area (Å²) in [4.78, 5) is 25.3. The third kappa shape index (κ3) is 4.58. The minimum Gasteiger partial charge on any atom is -0.492 e. The van der Waals surface area contributed by atoms with Crippen LogP contribution in [0.2, 0.25) is 0 Å². The van der Waals surface area contributed by atoms with Crippen molar-refractivity contribution in [1.29, 1.82) is 0 Å². The molecule has 1 aliphatic carbocycles. The average Bonchev–Trinajstić information content (AvgIpc) is 3.52. The quantitative estimate of drug-likeness (QED) is 0.698. The molecule has 1 heterocycles. The lowest BCUT2D eigenvalue weighted by Gasteiger charge is -2.25. The summed E-state index contributed by atoms with van der Waals surface area (Å²) in [7, 11) is 0. The van der Waals surface area contributed by atoms with Crippen molar-refractivity contribution in [1.82, 2.24) is 5.32 Å². The maximum Gasteiger partial charge on any atom is 0.253 e. The number of nitrogen functional groups attached to an aromatic ring is 1. The van der Waals surface area contributed by atoms with E-state index < -0.39 is 0 Å². The number of halogens is 1. The Kier molecular flexibility index (Phi) is 5.51. The molecule has 1 atom stereocenters. The molecule has 0 saturated heterocycles. The van der Waals surface area contributed by atoms with Crippen LogP contribution in [0.15, 0.2) is 36.4 Å². The van der Waals surface area contributed by atoms with Crippen molar-refractivity contribution in [3.05, 3.63) is 58.9 Å². The van der Waals surface area contributed by atoms with Crippen LogP contribution in [0.1, 0.15) is 52.0 Å². The molecule has 6 heteroatoms. The number of amides is 1. The van der Waals surface area contributed by atoms with Crippen LogP contribution < -0.4 is 15.8 Å². The Morgan fingerprint density at radius 1 is 1.21 bits per heavy atom. The highest BCUT2D eigenvalue weighted by atomic mass is 19.1. The van der Waals surface area contributed by atoms with Gasteiger partial charge in [-0.2, -0.15) is 0 Å². The standard InChI is InChI=1S/C23H25FN2O3/c24-17-3-1-2-15(10-17)8-9-26-23(28)18-12-21-19(11-20(18)25)22(27)16(13-29-21)7-6-14-4-5-14/h1-3,10-12,14,16H,4-9,13,25H2,(H,26,28). The number of hydrogen-bond acceptors (Lipinski definition) is 4. The fourth-order valence-corrected chi connectivity index (χ4v) is 3.76. The topological polar surface area (TPSA) is 81.4 Å². The molecule has 0 aromatic heterocycles. The van der Waals surface area contributed by atoms with Gasteiger partial charge in [0.05, 0.1) is 23.7 Å². The molecule has 2 aromatic rings. The molecule has 3 N–H and O–H groups in total. The SMILES string of the molecule is Nc1cc2c(cc1C(=O)NCCc1cccc(F)c1)OCC(CCC1CC1)C2=O. The van der Waals surface area contributed by atoms with Crippen LogP contribution in [0, 0.1) is 17.7 Å². The van der Waals surface area contributed by atoms with Crippen LogP contribution in [0.5, 0.6) is 5.75 Å². The van der Waals surface area contributed by atoms with Crippen molar-refractivity contribution in [3.63, 3.8) is 0 Å². The van der Waals surface area contributed by atoms with Crippen LogP contribution in [0.4, 0.5) is 10.1 Å². The van der Waals surface area contributed by atoms with E-state index in [1.165, 1.54) is 25.0 Å². The molecule has 1 saturated carbocycles. The van der Waals surface area contributed by atoms with Crippen LogP contribution in [0.3, 0.4) is 0 Å². The molecule has 2 aromatic carbocycles. The monoisotopic (exact) mass is 396 g/mol. The highest BCUT2D eigenvalue weighted by Gasteiger charge is 2.32. The number of hydrogen-bond donors (Lipinski definition) is 2. The summed E-state index contributed by atoms with van der Waals surface area (Å²) >= 11 is 0. The highest BCUT2D eigenvalue weighted by Crippen LogP contribution is 2.38. The number of rotatable bonds is 7. The number of carbonyl (C=O) groups excluding carboxylic acids is 2. The number of nitrogens with two attached hydrogens (primary N) is 1. The van der Waals surface area contributed by atoms with Crippen molar-refractivity contribution in [2.24, 2.45) is 11.8 Å². The van der Waals surface area contributed by atoms with E-state index in [2.05, 4.69) is 5.32 Å². The lowest BCUT2D eigenvalue weighted by atomic mass is 9.89. The smallest absolute Gasteiger partial charge is 0.253 e. The number of carbonyl (C=O) groups is 2. The largest absolute Gasteiger partial charge is 0.492 e. The van der Waals surface area contributed by atoms with Crippen molar-refractivity contribution >= 4 is 17.4 Å². The fraction of sp³-hybridized carbons (Fsp3) is 0.391. The van der Waals surface area contributed by atoms with E-state index in [4.69, 9.17) is 10.5 Å². The van der Waals surface area contributed by atoms with Gasteiger partial charge in [-0.15, -0.1) is 0 Å². The summed E-state index contributed by atoms with van der Waals surface area (Å²) in [6, 6.07) is 9.38. The van der Waals surface area contributed by atoms with Gasteiger partial charge in [0.1, 0.15) is 11.6 Å². The average molecular weight is 396 g/mol. The first-order valence-electron chi connectivity index (χ1n) is 10.1. The second-order valence-corrected chi connectivity index (χ2v) is 7.96. The fourth-order valence-electron chi connectivity index (χ4n) is 3.76. The number of fused-ring (bicyclic) bond motifs is 1. The van der Waals surface area contributed by atoms with Crippen LogP contribution in [-0.2, 0) is 6.42 Å². The summed E-state index contributed by atoms with van der Waals surface area (Å²) in [6.07, 6.45) is 4.94. The van der Waals surface area contributed by atoms with E-state index in [1.807, 2.05) is 6.07 Å². The Labute approximate surface area is 169 Å². The molecule has 1 unspecified atom stereocenters. The van der Waals surface area contributed by atoms with Crippen LogP contribution in [-0.4, -0.2) is 24.8 Å².